The summed E-state index contributed by atoms with van der Waals surface area (Å²) in [6.07, 6.45) is 1.78. The van der Waals surface area contributed by atoms with Crippen molar-refractivity contribution in [3.8, 4) is 17.0 Å². The van der Waals surface area contributed by atoms with Crippen molar-refractivity contribution in [2.45, 2.75) is 19.4 Å². The molecule has 1 aliphatic carbocycles. The van der Waals surface area contributed by atoms with Crippen LogP contribution in [-0.4, -0.2) is 87.0 Å². The zero-order chi connectivity index (χ0) is 27.7. The molecule has 1 aromatic heterocycles. The molecular formula is C30H38N6O4. The van der Waals surface area contributed by atoms with Crippen molar-refractivity contribution < 1.29 is 19.0 Å². The number of nitrogen functional groups attached to an aromatic ring is 1. The normalized spacial score (nSPS) is 14.9. The van der Waals surface area contributed by atoms with Crippen LogP contribution in [0.4, 0.5) is 11.8 Å². The number of aromatic nitrogens is 2. The van der Waals surface area contributed by atoms with Crippen LogP contribution in [0.2, 0.25) is 0 Å². The molecule has 5 rings (SSSR count). The summed E-state index contributed by atoms with van der Waals surface area (Å²) in [6.45, 7) is 6.58. The van der Waals surface area contributed by atoms with Gasteiger partial charge < -0.3 is 30.2 Å². The van der Waals surface area contributed by atoms with Crippen LogP contribution < -0.4 is 20.7 Å². The summed E-state index contributed by atoms with van der Waals surface area (Å²) >= 11 is 0. The zero-order valence-electron chi connectivity index (χ0n) is 23.1. The van der Waals surface area contributed by atoms with E-state index in [0.717, 1.165) is 74.0 Å². The third-order valence-electron chi connectivity index (χ3n) is 7.33. The van der Waals surface area contributed by atoms with Crippen molar-refractivity contribution in [2.75, 3.05) is 76.8 Å². The number of nitrogens with two attached hydrogens (primary N) is 1. The molecule has 0 radical (unpaired) electrons. The van der Waals surface area contributed by atoms with Crippen LogP contribution in [0.25, 0.3) is 11.3 Å². The minimum atomic E-state index is -0.132. The average Bonchev–Trinajstić information content (AvgIpc) is 2.99. The number of aryl methyl sites for hydroxylation is 1. The number of piperazine rings is 1. The van der Waals surface area contributed by atoms with Crippen LogP contribution in [0.3, 0.4) is 0 Å². The number of nitrogens with one attached hydrogen (secondary N) is 1. The molecule has 212 valence electrons. The number of anilines is 2. The average molecular weight is 547 g/mol. The maximum atomic E-state index is 11.2. The van der Waals surface area contributed by atoms with Crippen LogP contribution in [0.1, 0.15) is 16.7 Å². The molecule has 0 saturated carbocycles. The van der Waals surface area contributed by atoms with Crippen LogP contribution in [0.15, 0.2) is 48.5 Å². The molecule has 1 amide bonds. The van der Waals surface area contributed by atoms with Crippen molar-refractivity contribution >= 4 is 17.7 Å². The first kappa shape index (κ1) is 27.8. The van der Waals surface area contributed by atoms with Crippen molar-refractivity contribution in [3.63, 3.8) is 0 Å². The third kappa shape index (κ3) is 7.07. The number of carbonyl (C=O) groups is 1. The first-order chi connectivity index (χ1) is 19.6. The van der Waals surface area contributed by atoms with E-state index in [1.54, 1.807) is 7.05 Å². The highest BCUT2D eigenvalue weighted by Gasteiger charge is 2.27. The van der Waals surface area contributed by atoms with Gasteiger partial charge in [0.05, 0.1) is 25.5 Å². The molecule has 40 heavy (non-hydrogen) atoms. The molecule has 0 bridgehead atoms. The fourth-order valence-corrected chi connectivity index (χ4v) is 5.14. The number of carbonyl (C=O) groups excluding carboxylic acids is 1. The van der Waals surface area contributed by atoms with Crippen molar-refractivity contribution in [2.24, 2.45) is 0 Å². The molecule has 3 aromatic rings. The lowest BCUT2D eigenvalue weighted by Gasteiger charge is -2.37. The standard InChI is InChI=1S/C30H38N6O4/c1-32-27(37)21-39-18-17-38-16-15-35-11-13-36(14-12-35)29-26-9-7-23-19-24(40-20-22-5-3-2-4-6-22)8-10-25(23)28(26)33-30(31)34-29/h2-6,8,10,19H,7,9,11-18,20-21H2,1H3,(H,32,37)(H2,31,33,34). The number of hydrogen-bond acceptors (Lipinski definition) is 9. The minimum absolute atomic E-state index is 0.0644. The Labute approximate surface area is 235 Å². The lowest BCUT2D eigenvalue weighted by molar-refractivity contribution is -0.125. The van der Waals surface area contributed by atoms with Gasteiger partial charge >= 0.3 is 0 Å². The predicted molar refractivity (Wildman–Crippen MR) is 154 cm³/mol. The summed E-state index contributed by atoms with van der Waals surface area (Å²) in [7, 11) is 1.59. The second-order valence-corrected chi connectivity index (χ2v) is 9.99. The Morgan fingerprint density at radius 3 is 2.58 bits per heavy atom. The third-order valence-corrected chi connectivity index (χ3v) is 7.33. The van der Waals surface area contributed by atoms with Crippen LogP contribution in [-0.2, 0) is 33.7 Å². The number of ether oxygens (including phenoxy) is 3. The SMILES string of the molecule is CNC(=O)COCCOCCN1CCN(c2nc(N)nc3c2CCc2cc(OCc4ccccc4)ccc2-3)CC1. The monoisotopic (exact) mass is 546 g/mol. The Balaban J connectivity index is 1.15. The lowest BCUT2D eigenvalue weighted by Crippen LogP contribution is -2.48. The quantitative estimate of drug-likeness (QED) is 0.330. The van der Waals surface area contributed by atoms with E-state index < -0.39 is 0 Å². The zero-order valence-corrected chi connectivity index (χ0v) is 23.1. The number of hydrogen-bond donors (Lipinski definition) is 2. The molecule has 1 saturated heterocycles. The molecule has 10 heteroatoms. The van der Waals surface area contributed by atoms with Gasteiger partial charge in [-0.1, -0.05) is 30.3 Å². The van der Waals surface area contributed by atoms with Crippen molar-refractivity contribution in [3.05, 3.63) is 65.2 Å². The van der Waals surface area contributed by atoms with Crippen LogP contribution in [0.5, 0.6) is 5.75 Å². The number of amides is 1. The van der Waals surface area contributed by atoms with E-state index in [1.807, 2.05) is 24.3 Å². The molecule has 0 atom stereocenters. The molecule has 0 unspecified atom stereocenters. The highest BCUT2D eigenvalue weighted by atomic mass is 16.5. The molecule has 2 aliphatic rings. The van der Waals surface area contributed by atoms with Gasteiger partial charge in [-0.25, -0.2) is 4.98 Å². The number of rotatable bonds is 12. The molecule has 2 aromatic carbocycles. The number of nitrogens with zero attached hydrogens (tertiary/aromatic N) is 4. The van der Waals surface area contributed by atoms with E-state index in [9.17, 15) is 4.79 Å². The fraction of sp³-hybridized carbons (Fsp3) is 0.433. The largest absolute Gasteiger partial charge is 0.489 e. The maximum Gasteiger partial charge on any atom is 0.245 e. The summed E-state index contributed by atoms with van der Waals surface area (Å²) < 4.78 is 17.0. The Bertz CT molecular complexity index is 1280. The first-order valence-corrected chi connectivity index (χ1v) is 13.9. The molecule has 2 heterocycles. The van der Waals surface area contributed by atoms with Crippen molar-refractivity contribution in [1.29, 1.82) is 0 Å². The lowest BCUT2D eigenvalue weighted by atomic mass is 9.88. The molecule has 0 spiro atoms. The second kappa shape index (κ2) is 13.6. The first-order valence-electron chi connectivity index (χ1n) is 13.9. The molecular weight excluding hydrogens is 508 g/mol. The van der Waals surface area contributed by atoms with E-state index in [2.05, 4.69) is 44.4 Å². The van der Waals surface area contributed by atoms with E-state index >= 15 is 0 Å². The number of fused-ring (bicyclic) bond motifs is 3. The van der Waals surface area contributed by atoms with Gasteiger partial charge in [0.1, 0.15) is 24.8 Å². The molecule has 1 fully saturated rings. The van der Waals surface area contributed by atoms with Gasteiger partial charge in [-0.05, 0) is 42.2 Å². The predicted octanol–water partition coefficient (Wildman–Crippen LogP) is 2.30. The van der Waals surface area contributed by atoms with Gasteiger partial charge in [0.2, 0.25) is 11.9 Å². The van der Waals surface area contributed by atoms with E-state index in [4.69, 9.17) is 24.9 Å². The maximum absolute atomic E-state index is 11.2. The smallest absolute Gasteiger partial charge is 0.245 e. The fourth-order valence-electron chi connectivity index (χ4n) is 5.14. The van der Waals surface area contributed by atoms with Gasteiger partial charge in [0.15, 0.2) is 0 Å². The van der Waals surface area contributed by atoms with Gasteiger partial charge in [0.25, 0.3) is 0 Å². The van der Waals surface area contributed by atoms with E-state index in [-0.39, 0.29) is 12.5 Å². The van der Waals surface area contributed by atoms with Gasteiger partial charge in [-0.2, -0.15) is 4.98 Å². The number of benzene rings is 2. The van der Waals surface area contributed by atoms with Crippen molar-refractivity contribution in [1.82, 2.24) is 20.2 Å². The Kier molecular flexibility index (Phi) is 9.43. The van der Waals surface area contributed by atoms with Crippen LogP contribution >= 0.6 is 0 Å². The van der Waals surface area contributed by atoms with Crippen LogP contribution in [0, 0.1) is 0 Å². The molecule has 10 nitrogen and oxygen atoms in total. The highest BCUT2D eigenvalue weighted by Crippen LogP contribution is 2.38. The summed E-state index contributed by atoms with van der Waals surface area (Å²) in [4.78, 5) is 25.3. The van der Waals surface area contributed by atoms with E-state index in [0.29, 0.717) is 32.4 Å². The highest BCUT2D eigenvalue weighted by molar-refractivity contribution is 5.77. The van der Waals surface area contributed by atoms with E-state index in [1.165, 1.54) is 11.1 Å². The topological polar surface area (TPSA) is 115 Å². The van der Waals surface area contributed by atoms with Gasteiger partial charge in [-0.15, -0.1) is 0 Å². The van der Waals surface area contributed by atoms with Gasteiger partial charge in [0, 0.05) is 50.9 Å². The minimum Gasteiger partial charge on any atom is -0.489 e. The Morgan fingerprint density at radius 1 is 0.975 bits per heavy atom. The van der Waals surface area contributed by atoms with Gasteiger partial charge in [-0.3, -0.25) is 9.69 Å². The Morgan fingerprint density at radius 2 is 1.77 bits per heavy atom. The molecule has 1 aliphatic heterocycles. The Hall–Kier alpha value is -3.73. The second-order valence-electron chi connectivity index (χ2n) is 9.99. The summed E-state index contributed by atoms with van der Waals surface area (Å²) in [5.41, 5.74) is 11.8. The summed E-state index contributed by atoms with van der Waals surface area (Å²) in [5, 5.41) is 2.53. The molecule has 3 N–H and O–H groups in total. The number of likely N-dealkylation sites (N-methyl/N-ethyl adjacent to an activating group) is 1. The summed E-state index contributed by atoms with van der Waals surface area (Å²) in [5.74, 6) is 2.00. The summed E-state index contributed by atoms with van der Waals surface area (Å²) in [6, 6.07) is 16.4.